The quantitative estimate of drug-likeness (QED) is 0.806. The molecule has 1 heterocycles. The van der Waals surface area contributed by atoms with Crippen LogP contribution >= 0.6 is 0 Å². The summed E-state index contributed by atoms with van der Waals surface area (Å²) in [6.45, 7) is 6.91. The molecule has 1 fully saturated rings. The van der Waals surface area contributed by atoms with Crippen molar-refractivity contribution >= 4 is 10.0 Å². The maximum absolute atomic E-state index is 12.9. The Morgan fingerprint density at radius 2 is 1.70 bits per heavy atom. The van der Waals surface area contributed by atoms with E-state index in [0.29, 0.717) is 18.0 Å². The number of piperidine rings is 1. The summed E-state index contributed by atoms with van der Waals surface area (Å²) >= 11 is 0. The van der Waals surface area contributed by atoms with Crippen LogP contribution in [0.5, 0.6) is 0 Å². The lowest BCUT2D eigenvalue weighted by Crippen LogP contribution is -2.40. The minimum Gasteiger partial charge on any atom is -0.207 e. The molecule has 3 nitrogen and oxygen atoms in total. The molecule has 3 rings (SSSR count). The summed E-state index contributed by atoms with van der Waals surface area (Å²) in [4.78, 5) is 0.351. The van der Waals surface area contributed by atoms with Crippen molar-refractivity contribution in [3.8, 4) is 0 Å². The molecule has 2 aromatic carbocycles. The fourth-order valence-corrected chi connectivity index (χ4v) is 4.54. The number of rotatable bonds is 3. The molecular formula is C19H21NO2S. The van der Waals surface area contributed by atoms with Crippen molar-refractivity contribution in [3.05, 3.63) is 77.9 Å². The van der Waals surface area contributed by atoms with E-state index in [9.17, 15) is 8.42 Å². The summed E-state index contributed by atoms with van der Waals surface area (Å²) < 4.78 is 27.4. The Labute approximate surface area is 138 Å². The van der Waals surface area contributed by atoms with Crippen molar-refractivity contribution in [2.75, 3.05) is 13.1 Å². The second-order valence-electron chi connectivity index (χ2n) is 6.17. The largest absolute Gasteiger partial charge is 0.243 e. The zero-order chi connectivity index (χ0) is 16.4. The molecule has 120 valence electrons. The first-order valence-electron chi connectivity index (χ1n) is 7.75. The van der Waals surface area contributed by atoms with E-state index in [4.69, 9.17) is 0 Å². The molecule has 1 saturated heterocycles. The number of nitrogens with zero attached hydrogens (tertiary/aromatic N) is 1. The molecule has 0 aromatic heterocycles. The monoisotopic (exact) mass is 327 g/mol. The van der Waals surface area contributed by atoms with Gasteiger partial charge in [0.05, 0.1) is 4.90 Å². The van der Waals surface area contributed by atoms with Gasteiger partial charge < -0.3 is 0 Å². The summed E-state index contributed by atoms with van der Waals surface area (Å²) in [5, 5.41) is 0. The molecule has 1 unspecified atom stereocenters. The van der Waals surface area contributed by atoms with Crippen LogP contribution in [-0.2, 0) is 10.0 Å². The average Bonchev–Trinajstić information content (AvgIpc) is 2.55. The fraction of sp³-hybridized carbons (Fsp3) is 0.263. The zero-order valence-corrected chi connectivity index (χ0v) is 14.1. The van der Waals surface area contributed by atoms with E-state index < -0.39 is 10.0 Å². The molecule has 1 aliphatic rings. The Kier molecular flexibility index (Phi) is 4.37. The molecule has 0 aliphatic carbocycles. The van der Waals surface area contributed by atoms with Gasteiger partial charge in [0, 0.05) is 19.0 Å². The number of benzene rings is 2. The van der Waals surface area contributed by atoms with Crippen LogP contribution in [0.2, 0.25) is 0 Å². The molecule has 0 amide bonds. The number of sulfonamides is 1. The Hall–Kier alpha value is -1.91. The molecule has 0 N–H and O–H groups in total. The lowest BCUT2D eigenvalue weighted by molar-refractivity contribution is 0.365. The van der Waals surface area contributed by atoms with E-state index in [-0.39, 0.29) is 5.92 Å². The first-order valence-corrected chi connectivity index (χ1v) is 9.19. The molecule has 0 radical (unpaired) electrons. The van der Waals surface area contributed by atoms with Gasteiger partial charge in [0.2, 0.25) is 10.0 Å². The van der Waals surface area contributed by atoms with Crippen LogP contribution < -0.4 is 0 Å². The van der Waals surface area contributed by atoms with E-state index in [1.54, 1.807) is 16.4 Å². The van der Waals surface area contributed by atoms with Crippen molar-refractivity contribution < 1.29 is 8.42 Å². The van der Waals surface area contributed by atoms with E-state index in [2.05, 4.69) is 18.7 Å². The Bertz CT molecular complexity index is 795. The highest BCUT2D eigenvalue weighted by Crippen LogP contribution is 2.32. The number of hydrogen-bond donors (Lipinski definition) is 0. The van der Waals surface area contributed by atoms with Gasteiger partial charge in [0.15, 0.2) is 0 Å². The molecular weight excluding hydrogens is 306 g/mol. The van der Waals surface area contributed by atoms with Gasteiger partial charge in [0.25, 0.3) is 0 Å². The Morgan fingerprint density at radius 3 is 2.35 bits per heavy atom. The van der Waals surface area contributed by atoms with Crippen molar-refractivity contribution in [1.82, 2.24) is 4.31 Å². The SMILES string of the molecule is C=C1CC(c2ccccc2)CN(S(=O)(=O)c2ccc(C)cc2)C1. The molecule has 2 aromatic rings. The topological polar surface area (TPSA) is 37.4 Å². The lowest BCUT2D eigenvalue weighted by Gasteiger charge is -2.33. The summed E-state index contributed by atoms with van der Waals surface area (Å²) in [7, 11) is -3.48. The highest BCUT2D eigenvalue weighted by Gasteiger charge is 2.32. The van der Waals surface area contributed by atoms with Gasteiger partial charge in [-0.1, -0.05) is 60.2 Å². The first kappa shape index (κ1) is 16.0. The number of aryl methyl sites for hydroxylation is 1. The van der Waals surface area contributed by atoms with E-state index in [0.717, 1.165) is 23.1 Å². The smallest absolute Gasteiger partial charge is 0.207 e. The maximum atomic E-state index is 12.9. The van der Waals surface area contributed by atoms with Crippen LogP contribution in [0.3, 0.4) is 0 Å². The lowest BCUT2D eigenvalue weighted by atomic mass is 9.90. The van der Waals surface area contributed by atoms with Crippen LogP contribution in [0.4, 0.5) is 0 Å². The predicted octanol–water partition coefficient (Wildman–Crippen LogP) is 3.73. The molecule has 4 heteroatoms. The van der Waals surface area contributed by atoms with Gasteiger partial charge in [-0.15, -0.1) is 0 Å². The van der Waals surface area contributed by atoms with Gasteiger partial charge in [-0.3, -0.25) is 0 Å². The van der Waals surface area contributed by atoms with Crippen LogP contribution in [0.15, 0.2) is 71.6 Å². The summed E-state index contributed by atoms with van der Waals surface area (Å²) in [5.41, 5.74) is 3.17. The summed E-state index contributed by atoms with van der Waals surface area (Å²) in [6.07, 6.45) is 0.837. The third kappa shape index (κ3) is 3.38. The number of hydrogen-bond acceptors (Lipinski definition) is 2. The minimum atomic E-state index is -3.48. The van der Waals surface area contributed by atoms with Crippen LogP contribution in [0.25, 0.3) is 0 Å². The van der Waals surface area contributed by atoms with Gasteiger partial charge in [-0.25, -0.2) is 8.42 Å². The normalized spacial score (nSPS) is 19.7. The van der Waals surface area contributed by atoms with Crippen molar-refractivity contribution in [3.63, 3.8) is 0 Å². The van der Waals surface area contributed by atoms with Crippen molar-refractivity contribution in [2.24, 2.45) is 0 Å². The predicted molar refractivity (Wildman–Crippen MR) is 92.9 cm³/mol. The van der Waals surface area contributed by atoms with Crippen LogP contribution in [0, 0.1) is 6.92 Å². The second kappa shape index (κ2) is 6.30. The molecule has 1 atom stereocenters. The van der Waals surface area contributed by atoms with Crippen molar-refractivity contribution in [2.45, 2.75) is 24.2 Å². The summed E-state index contributed by atoms with van der Waals surface area (Å²) in [6, 6.07) is 17.1. The first-order chi connectivity index (χ1) is 11.0. The Morgan fingerprint density at radius 1 is 1.04 bits per heavy atom. The van der Waals surface area contributed by atoms with Gasteiger partial charge in [0.1, 0.15) is 0 Å². The van der Waals surface area contributed by atoms with Gasteiger partial charge in [-0.05, 0) is 31.0 Å². The summed E-state index contributed by atoms with van der Waals surface area (Å²) in [5.74, 6) is 0.165. The molecule has 0 bridgehead atoms. The van der Waals surface area contributed by atoms with E-state index in [1.165, 1.54) is 0 Å². The standard InChI is InChI=1S/C19H21NO2S/c1-15-8-10-19(11-9-15)23(21,22)20-13-16(2)12-18(14-20)17-6-4-3-5-7-17/h3-11,18H,2,12-14H2,1H3. The van der Waals surface area contributed by atoms with Crippen molar-refractivity contribution in [1.29, 1.82) is 0 Å². The average molecular weight is 327 g/mol. The third-order valence-corrected chi connectivity index (χ3v) is 6.11. The minimum absolute atomic E-state index is 0.165. The second-order valence-corrected chi connectivity index (χ2v) is 8.11. The van der Waals surface area contributed by atoms with Gasteiger partial charge >= 0.3 is 0 Å². The molecule has 1 aliphatic heterocycles. The highest BCUT2D eigenvalue weighted by molar-refractivity contribution is 7.89. The fourth-order valence-electron chi connectivity index (χ4n) is 3.03. The Balaban J connectivity index is 1.89. The molecule has 0 spiro atoms. The van der Waals surface area contributed by atoms with Crippen LogP contribution in [0.1, 0.15) is 23.5 Å². The third-order valence-electron chi connectivity index (χ3n) is 4.29. The van der Waals surface area contributed by atoms with E-state index in [1.807, 2.05) is 37.3 Å². The van der Waals surface area contributed by atoms with Crippen LogP contribution in [-0.4, -0.2) is 25.8 Å². The molecule has 23 heavy (non-hydrogen) atoms. The highest BCUT2D eigenvalue weighted by atomic mass is 32.2. The van der Waals surface area contributed by atoms with E-state index >= 15 is 0 Å². The zero-order valence-electron chi connectivity index (χ0n) is 13.3. The molecule has 0 saturated carbocycles. The van der Waals surface area contributed by atoms with Gasteiger partial charge in [-0.2, -0.15) is 4.31 Å². The maximum Gasteiger partial charge on any atom is 0.243 e.